The van der Waals surface area contributed by atoms with Crippen LogP contribution in [0.25, 0.3) is 0 Å². The zero-order valence-corrected chi connectivity index (χ0v) is 12.1. The van der Waals surface area contributed by atoms with E-state index in [0.29, 0.717) is 10.7 Å². The van der Waals surface area contributed by atoms with Crippen LogP contribution in [0, 0.1) is 25.2 Å². The van der Waals surface area contributed by atoms with Crippen molar-refractivity contribution < 1.29 is 5.11 Å². The van der Waals surface area contributed by atoms with E-state index in [9.17, 15) is 10.4 Å². The first-order valence-corrected chi connectivity index (χ1v) is 6.61. The quantitative estimate of drug-likeness (QED) is 0.882. The first-order chi connectivity index (χ1) is 9.52. The molecule has 0 saturated heterocycles. The largest absolute Gasteiger partial charge is 0.507 e. The van der Waals surface area contributed by atoms with Gasteiger partial charge in [-0.2, -0.15) is 5.26 Å². The Morgan fingerprint density at radius 1 is 1.20 bits per heavy atom. The van der Waals surface area contributed by atoms with Gasteiger partial charge in [0.15, 0.2) is 0 Å². The molecule has 0 heterocycles. The molecule has 20 heavy (non-hydrogen) atoms. The first-order valence-electron chi connectivity index (χ1n) is 6.23. The number of aryl methyl sites for hydroxylation is 2. The molecular formula is C16H15ClN2O. The number of aromatic hydroxyl groups is 1. The second-order valence-electron chi connectivity index (χ2n) is 4.69. The van der Waals surface area contributed by atoms with Crippen LogP contribution in [-0.4, -0.2) is 5.11 Å². The molecule has 1 atom stereocenters. The summed E-state index contributed by atoms with van der Waals surface area (Å²) in [7, 11) is 0. The van der Waals surface area contributed by atoms with E-state index in [4.69, 9.17) is 11.6 Å². The van der Waals surface area contributed by atoms with Crippen LogP contribution in [-0.2, 0) is 0 Å². The molecule has 0 fully saturated rings. The number of benzene rings is 2. The van der Waals surface area contributed by atoms with Crippen LogP contribution in [0.15, 0.2) is 36.4 Å². The van der Waals surface area contributed by atoms with Crippen LogP contribution in [0.4, 0.5) is 5.69 Å². The van der Waals surface area contributed by atoms with Gasteiger partial charge in [0, 0.05) is 0 Å². The van der Waals surface area contributed by atoms with Gasteiger partial charge in [0.05, 0.1) is 16.8 Å². The SMILES string of the molecule is Cc1cc(C(C#N)Nc2ccccc2Cl)cc(C)c1O. The third-order valence-corrected chi connectivity index (χ3v) is 3.48. The molecule has 2 rings (SSSR count). The van der Waals surface area contributed by atoms with Gasteiger partial charge >= 0.3 is 0 Å². The van der Waals surface area contributed by atoms with Crippen LogP contribution in [0.5, 0.6) is 5.75 Å². The van der Waals surface area contributed by atoms with E-state index in [0.717, 1.165) is 16.7 Å². The third-order valence-electron chi connectivity index (χ3n) is 3.15. The monoisotopic (exact) mass is 286 g/mol. The topological polar surface area (TPSA) is 56.0 Å². The van der Waals surface area contributed by atoms with E-state index in [-0.39, 0.29) is 5.75 Å². The summed E-state index contributed by atoms with van der Waals surface area (Å²) in [6.45, 7) is 3.63. The highest BCUT2D eigenvalue weighted by atomic mass is 35.5. The molecule has 0 aliphatic carbocycles. The molecule has 4 heteroatoms. The maximum atomic E-state index is 9.79. The minimum absolute atomic E-state index is 0.267. The van der Waals surface area contributed by atoms with Crippen molar-refractivity contribution >= 4 is 17.3 Å². The van der Waals surface area contributed by atoms with Crippen molar-refractivity contribution in [3.05, 3.63) is 58.1 Å². The maximum Gasteiger partial charge on any atom is 0.140 e. The van der Waals surface area contributed by atoms with Gasteiger partial charge in [0.25, 0.3) is 0 Å². The van der Waals surface area contributed by atoms with Crippen LogP contribution in [0.3, 0.4) is 0 Å². The number of rotatable bonds is 3. The molecule has 2 aromatic rings. The van der Waals surface area contributed by atoms with E-state index in [1.165, 1.54) is 0 Å². The summed E-state index contributed by atoms with van der Waals surface area (Å²) in [5.74, 6) is 0.267. The van der Waals surface area contributed by atoms with Gasteiger partial charge in [-0.05, 0) is 54.8 Å². The Morgan fingerprint density at radius 3 is 2.35 bits per heavy atom. The van der Waals surface area contributed by atoms with Gasteiger partial charge in [0.1, 0.15) is 11.8 Å². The summed E-state index contributed by atoms with van der Waals surface area (Å²) in [5.41, 5.74) is 3.02. The summed E-state index contributed by atoms with van der Waals surface area (Å²) < 4.78 is 0. The molecule has 1 unspecified atom stereocenters. The molecular weight excluding hydrogens is 272 g/mol. The molecule has 0 aliphatic rings. The molecule has 102 valence electrons. The van der Waals surface area contributed by atoms with Crippen LogP contribution in [0.1, 0.15) is 22.7 Å². The number of anilines is 1. The molecule has 3 nitrogen and oxygen atoms in total. The lowest BCUT2D eigenvalue weighted by Crippen LogP contribution is -2.09. The summed E-state index contributed by atoms with van der Waals surface area (Å²) in [4.78, 5) is 0. The van der Waals surface area contributed by atoms with Crippen molar-refractivity contribution in [1.82, 2.24) is 0 Å². The number of nitrogens with one attached hydrogen (secondary N) is 1. The molecule has 0 radical (unpaired) electrons. The normalized spacial score (nSPS) is 11.7. The fourth-order valence-electron chi connectivity index (χ4n) is 2.08. The average Bonchev–Trinajstić information content (AvgIpc) is 2.43. The van der Waals surface area contributed by atoms with Crippen molar-refractivity contribution in [2.45, 2.75) is 19.9 Å². The van der Waals surface area contributed by atoms with Crippen molar-refractivity contribution in [1.29, 1.82) is 5.26 Å². The Labute approximate surface area is 123 Å². The Balaban J connectivity index is 2.35. The summed E-state index contributed by atoms with van der Waals surface area (Å²) in [6, 6.07) is 12.6. The predicted octanol–water partition coefficient (Wildman–Crippen LogP) is 4.34. The van der Waals surface area contributed by atoms with Crippen LogP contribution in [0.2, 0.25) is 5.02 Å². The standard InChI is InChI=1S/C16H15ClN2O/c1-10-7-12(8-11(2)16(10)20)15(9-18)19-14-6-4-3-5-13(14)17/h3-8,15,19-20H,1-2H3. The molecule has 0 bridgehead atoms. The number of hydrogen-bond acceptors (Lipinski definition) is 3. The highest BCUT2D eigenvalue weighted by molar-refractivity contribution is 6.33. The lowest BCUT2D eigenvalue weighted by molar-refractivity contribution is 0.466. The van der Waals surface area contributed by atoms with Crippen molar-refractivity contribution in [3.8, 4) is 11.8 Å². The molecule has 0 saturated carbocycles. The minimum atomic E-state index is -0.520. The second-order valence-corrected chi connectivity index (χ2v) is 5.10. The van der Waals surface area contributed by atoms with E-state index in [1.54, 1.807) is 18.2 Å². The Morgan fingerprint density at radius 2 is 1.80 bits per heavy atom. The number of phenolic OH excluding ortho intramolecular Hbond substituents is 1. The first kappa shape index (κ1) is 14.2. The van der Waals surface area contributed by atoms with Gasteiger partial charge in [0.2, 0.25) is 0 Å². The smallest absolute Gasteiger partial charge is 0.140 e. The number of halogens is 1. The molecule has 0 aromatic heterocycles. The summed E-state index contributed by atoms with van der Waals surface area (Å²) in [5, 5.41) is 22.8. The Hall–Kier alpha value is -2.18. The maximum absolute atomic E-state index is 9.79. The van der Waals surface area contributed by atoms with Crippen LogP contribution >= 0.6 is 11.6 Å². The van der Waals surface area contributed by atoms with Crippen molar-refractivity contribution in [2.24, 2.45) is 0 Å². The second kappa shape index (κ2) is 5.85. The van der Waals surface area contributed by atoms with Gasteiger partial charge in [-0.1, -0.05) is 23.7 Å². The van der Waals surface area contributed by atoms with Gasteiger partial charge in [-0.25, -0.2) is 0 Å². The van der Waals surface area contributed by atoms with Crippen molar-refractivity contribution in [2.75, 3.05) is 5.32 Å². The van der Waals surface area contributed by atoms with Gasteiger partial charge in [-0.15, -0.1) is 0 Å². The van der Waals surface area contributed by atoms with E-state index in [1.807, 2.05) is 32.0 Å². The average molecular weight is 287 g/mol. The Bertz CT molecular complexity index is 653. The molecule has 2 aromatic carbocycles. The lowest BCUT2D eigenvalue weighted by Gasteiger charge is -2.16. The van der Waals surface area contributed by atoms with E-state index in [2.05, 4.69) is 11.4 Å². The third kappa shape index (κ3) is 2.87. The number of hydrogen-bond donors (Lipinski definition) is 2. The zero-order chi connectivity index (χ0) is 14.7. The number of nitrogens with zero attached hydrogens (tertiary/aromatic N) is 1. The van der Waals surface area contributed by atoms with Gasteiger partial charge in [-0.3, -0.25) is 0 Å². The number of para-hydroxylation sites is 1. The summed E-state index contributed by atoms with van der Waals surface area (Å²) >= 11 is 6.09. The Kier molecular flexibility index (Phi) is 4.16. The zero-order valence-electron chi connectivity index (χ0n) is 11.3. The van der Waals surface area contributed by atoms with E-state index < -0.39 is 6.04 Å². The van der Waals surface area contributed by atoms with E-state index >= 15 is 0 Å². The fraction of sp³-hybridized carbons (Fsp3) is 0.188. The molecule has 0 spiro atoms. The van der Waals surface area contributed by atoms with Crippen molar-refractivity contribution in [3.63, 3.8) is 0 Å². The highest BCUT2D eigenvalue weighted by Gasteiger charge is 2.14. The molecule has 0 aliphatic heterocycles. The molecule has 2 N–H and O–H groups in total. The highest BCUT2D eigenvalue weighted by Crippen LogP contribution is 2.29. The number of nitriles is 1. The fourth-order valence-corrected chi connectivity index (χ4v) is 2.27. The lowest BCUT2D eigenvalue weighted by atomic mass is 10.0. The molecule has 0 amide bonds. The predicted molar refractivity (Wildman–Crippen MR) is 81.0 cm³/mol. The number of phenols is 1. The minimum Gasteiger partial charge on any atom is -0.507 e. The summed E-state index contributed by atoms with van der Waals surface area (Å²) in [6.07, 6.45) is 0. The van der Waals surface area contributed by atoms with Gasteiger partial charge < -0.3 is 10.4 Å². The van der Waals surface area contributed by atoms with Crippen LogP contribution < -0.4 is 5.32 Å².